The molecule has 2 aromatic rings. The van der Waals surface area contributed by atoms with Crippen molar-refractivity contribution in [3.63, 3.8) is 0 Å². The van der Waals surface area contributed by atoms with Gasteiger partial charge in [-0.1, -0.05) is 13.0 Å². The highest BCUT2D eigenvalue weighted by Gasteiger charge is 2.65. The van der Waals surface area contributed by atoms with Crippen LogP contribution in [0.15, 0.2) is 23.0 Å². The lowest BCUT2D eigenvalue weighted by Gasteiger charge is -2.32. The van der Waals surface area contributed by atoms with Crippen LogP contribution in [-0.4, -0.2) is 30.0 Å². The highest BCUT2D eigenvalue weighted by Crippen LogP contribution is 2.59. The van der Waals surface area contributed by atoms with E-state index < -0.39 is 52.5 Å². The fourth-order valence-electron chi connectivity index (χ4n) is 4.32. The molecule has 1 fully saturated rings. The Bertz CT molecular complexity index is 1100. The van der Waals surface area contributed by atoms with Crippen molar-refractivity contribution in [1.82, 2.24) is 4.98 Å². The number of pyridine rings is 1. The van der Waals surface area contributed by atoms with E-state index in [0.717, 1.165) is 26.2 Å². The number of aromatic amines is 1. The number of hydrogen-bond donors (Lipinski definition) is 1. The van der Waals surface area contributed by atoms with Gasteiger partial charge in [0.2, 0.25) is 11.2 Å². The predicted molar refractivity (Wildman–Crippen MR) is 111 cm³/mol. The Labute approximate surface area is 187 Å². The number of ether oxygens (including phenoxy) is 3. The second-order valence-electron chi connectivity index (χ2n) is 8.65. The molecule has 1 aromatic heterocycles. The van der Waals surface area contributed by atoms with Crippen molar-refractivity contribution in [2.24, 2.45) is 5.92 Å². The van der Waals surface area contributed by atoms with Crippen molar-refractivity contribution in [1.29, 1.82) is 0 Å². The molecule has 1 saturated heterocycles. The molecule has 0 radical (unpaired) electrons. The van der Waals surface area contributed by atoms with Gasteiger partial charge in [-0.2, -0.15) is 17.6 Å². The van der Waals surface area contributed by atoms with Gasteiger partial charge < -0.3 is 19.2 Å². The van der Waals surface area contributed by atoms with E-state index in [-0.39, 0.29) is 23.1 Å². The maximum absolute atomic E-state index is 14.5. The maximum atomic E-state index is 14.5. The molecule has 3 rings (SSSR count). The first-order valence-corrected chi connectivity index (χ1v) is 10.4. The molecule has 0 spiro atoms. The molecule has 4 atom stereocenters. The van der Waals surface area contributed by atoms with Crippen LogP contribution < -0.4 is 14.9 Å². The zero-order chi connectivity index (χ0) is 24.9. The van der Waals surface area contributed by atoms with E-state index in [1.807, 2.05) is 0 Å². The second kappa shape index (κ2) is 8.62. The number of aromatic nitrogens is 1. The molecule has 1 aliphatic rings. The average molecular weight is 475 g/mol. The molecule has 5 nitrogen and oxygen atoms in total. The van der Waals surface area contributed by atoms with Crippen LogP contribution >= 0.6 is 0 Å². The van der Waals surface area contributed by atoms with E-state index in [0.29, 0.717) is 5.69 Å². The molecule has 0 saturated carbocycles. The van der Waals surface area contributed by atoms with E-state index in [4.69, 9.17) is 14.2 Å². The standard InChI is InChI=1S/C23H26F5NO4/c1-10(2)32-19-12(4)29-15(9-16(19)30)21-17(11(3)22(5,33-21)23(26,27)28)13-7-8-14(24)18(25)20(13)31-6/h7-11,17,21H,1-6H3,(H,29,30)/t11-,17-,21-,22+/m0/s1. The normalized spacial score (nSPS) is 25.5. The summed E-state index contributed by atoms with van der Waals surface area (Å²) in [6.07, 6.45) is -6.41. The van der Waals surface area contributed by atoms with E-state index >= 15 is 0 Å². The molecule has 1 N–H and O–H groups in total. The Morgan fingerprint density at radius 3 is 2.33 bits per heavy atom. The molecule has 1 aromatic carbocycles. The largest absolute Gasteiger partial charge is 0.493 e. The van der Waals surface area contributed by atoms with Crippen LogP contribution in [-0.2, 0) is 4.74 Å². The second-order valence-corrected chi connectivity index (χ2v) is 8.65. The average Bonchev–Trinajstić information content (AvgIpc) is 2.98. The van der Waals surface area contributed by atoms with Gasteiger partial charge in [0.25, 0.3) is 0 Å². The number of benzene rings is 1. The van der Waals surface area contributed by atoms with Crippen LogP contribution in [0.5, 0.6) is 11.5 Å². The lowest BCUT2D eigenvalue weighted by atomic mass is 9.76. The van der Waals surface area contributed by atoms with Crippen molar-refractivity contribution in [3.05, 3.63) is 57.0 Å². The summed E-state index contributed by atoms with van der Waals surface area (Å²) in [6.45, 7) is 7.23. The van der Waals surface area contributed by atoms with Crippen molar-refractivity contribution in [3.8, 4) is 11.5 Å². The summed E-state index contributed by atoms with van der Waals surface area (Å²) in [5, 5.41) is 0. The van der Waals surface area contributed by atoms with Crippen LogP contribution in [0.1, 0.15) is 56.7 Å². The van der Waals surface area contributed by atoms with Gasteiger partial charge in [0.15, 0.2) is 22.9 Å². The van der Waals surface area contributed by atoms with Crippen molar-refractivity contribution < 1.29 is 36.2 Å². The SMILES string of the molecule is COc1c([C@H]2[C@H](c3cc(=O)c(OC(C)C)c(C)[nH]3)O[C@@](C)(C(F)(F)F)[C@H]2C)ccc(F)c1F. The number of nitrogens with one attached hydrogen (secondary N) is 1. The third-order valence-electron chi connectivity index (χ3n) is 6.15. The van der Waals surface area contributed by atoms with Crippen LogP contribution in [0.25, 0.3) is 0 Å². The first-order chi connectivity index (χ1) is 15.2. The third-order valence-corrected chi connectivity index (χ3v) is 6.15. The number of methoxy groups -OCH3 is 1. The Morgan fingerprint density at radius 2 is 1.82 bits per heavy atom. The quantitative estimate of drug-likeness (QED) is 0.575. The Morgan fingerprint density at radius 1 is 1.18 bits per heavy atom. The van der Waals surface area contributed by atoms with E-state index in [2.05, 4.69) is 4.98 Å². The molecule has 0 amide bonds. The summed E-state index contributed by atoms with van der Waals surface area (Å²) in [5.74, 6) is -5.33. The van der Waals surface area contributed by atoms with Gasteiger partial charge in [-0.25, -0.2) is 4.39 Å². The summed E-state index contributed by atoms with van der Waals surface area (Å²) in [5.41, 5.74) is -2.80. The topological polar surface area (TPSA) is 60.5 Å². The number of alkyl halides is 3. The highest BCUT2D eigenvalue weighted by molar-refractivity contribution is 5.42. The van der Waals surface area contributed by atoms with Gasteiger partial charge in [0.1, 0.15) is 6.10 Å². The molecular formula is C23H26F5NO4. The summed E-state index contributed by atoms with van der Waals surface area (Å²) in [4.78, 5) is 15.6. The van der Waals surface area contributed by atoms with E-state index in [1.54, 1.807) is 20.8 Å². The zero-order valence-corrected chi connectivity index (χ0v) is 19.1. The van der Waals surface area contributed by atoms with Gasteiger partial charge >= 0.3 is 6.18 Å². The Balaban J connectivity index is 2.23. The van der Waals surface area contributed by atoms with Crippen LogP contribution in [0.3, 0.4) is 0 Å². The number of halogens is 5. The molecular weight excluding hydrogens is 449 g/mol. The molecule has 0 unspecified atom stereocenters. The summed E-state index contributed by atoms with van der Waals surface area (Å²) >= 11 is 0. The van der Waals surface area contributed by atoms with Gasteiger partial charge in [0, 0.05) is 29.2 Å². The fourth-order valence-corrected chi connectivity index (χ4v) is 4.32. The lowest BCUT2D eigenvalue weighted by molar-refractivity contribution is -0.275. The number of H-pyrrole nitrogens is 1. The van der Waals surface area contributed by atoms with Crippen molar-refractivity contribution in [2.75, 3.05) is 7.11 Å². The smallest absolute Gasteiger partial charge is 0.417 e. The molecule has 1 aliphatic heterocycles. The fraction of sp³-hybridized carbons (Fsp3) is 0.522. The zero-order valence-electron chi connectivity index (χ0n) is 19.1. The van der Waals surface area contributed by atoms with Gasteiger partial charge in [0.05, 0.1) is 18.9 Å². The summed E-state index contributed by atoms with van der Waals surface area (Å²) in [7, 11) is 1.10. The first-order valence-electron chi connectivity index (χ1n) is 10.4. The molecule has 0 bridgehead atoms. The van der Waals surface area contributed by atoms with Gasteiger partial charge in [-0.3, -0.25) is 4.79 Å². The molecule has 33 heavy (non-hydrogen) atoms. The van der Waals surface area contributed by atoms with Crippen LogP contribution in [0.4, 0.5) is 22.0 Å². The minimum Gasteiger partial charge on any atom is -0.493 e. The Hall–Kier alpha value is -2.62. The van der Waals surface area contributed by atoms with Gasteiger partial charge in [-0.05, 0) is 33.8 Å². The Kier molecular flexibility index (Phi) is 6.54. The minimum absolute atomic E-state index is 0.00267. The predicted octanol–water partition coefficient (Wildman–Crippen LogP) is 5.57. The van der Waals surface area contributed by atoms with E-state index in [9.17, 15) is 26.7 Å². The third kappa shape index (κ3) is 4.20. The molecule has 0 aliphatic carbocycles. The van der Waals surface area contributed by atoms with Gasteiger partial charge in [-0.15, -0.1) is 0 Å². The minimum atomic E-state index is -4.78. The monoisotopic (exact) mass is 475 g/mol. The molecule has 2 heterocycles. The summed E-state index contributed by atoms with van der Waals surface area (Å²) in [6, 6.07) is 3.12. The summed E-state index contributed by atoms with van der Waals surface area (Å²) < 4.78 is 86.6. The molecule has 182 valence electrons. The van der Waals surface area contributed by atoms with Crippen LogP contribution in [0.2, 0.25) is 0 Å². The van der Waals surface area contributed by atoms with Crippen molar-refractivity contribution >= 4 is 0 Å². The first kappa shape index (κ1) is 25.0. The maximum Gasteiger partial charge on any atom is 0.417 e. The lowest BCUT2D eigenvalue weighted by Crippen LogP contribution is -2.46. The number of hydrogen-bond acceptors (Lipinski definition) is 4. The van der Waals surface area contributed by atoms with E-state index in [1.165, 1.54) is 13.0 Å². The highest BCUT2D eigenvalue weighted by atomic mass is 19.4. The van der Waals surface area contributed by atoms with Crippen molar-refractivity contribution in [2.45, 2.75) is 64.5 Å². The number of rotatable bonds is 5. The number of aryl methyl sites for hydroxylation is 1. The molecule has 10 heteroatoms. The van der Waals surface area contributed by atoms with Crippen LogP contribution in [0, 0.1) is 24.5 Å².